The van der Waals surface area contributed by atoms with Crippen molar-refractivity contribution < 1.29 is 9.18 Å². The molecule has 130 valence electrons. The molecule has 2 aliphatic heterocycles. The summed E-state index contributed by atoms with van der Waals surface area (Å²) in [7, 11) is 0. The van der Waals surface area contributed by atoms with Gasteiger partial charge in [0.1, 0.15) is 5.82 Å². The van der Waals surface area contributed by atoms with Crippen LogP contribution in [0.3, 0.4) is 0 Å². The quantitative estimate of drug-likeness (QED) is 0.804. The number of ketones is 1. The molecule has 25 heavy (non-hydrogen) atoms. The molecule has 4 rings (SSSR count). The number of likely N-dealkylation sites (tertiary alicyclic amines) is 1. The van der Waals surface area contributed by atoms with Crippen LogP contribution in [0, 0.1) is 11.7 Å². The van der Waals surface area contributed by atoms with Crippen molar-refractivity contribution in [3.05, 3.63) is 69.9 Å². The van der Waals surface area contributed by atoms with Crippen molar-refractivity contribution in [2.75, 3.05) is 19.6 Å². The zero-order valence-corrected chi connectivity index (χ0v) is 14.0. The number of hydrogen-bond donors (Lipinski definition) is 0. The Morgan fingerprint density at radius 1 is 1.08 bits per heavy atom. The minimum atomic E-state index is -0.325. The van der Waals surface area contributed by atoms with Crippen LogP contribution in [0.4, 0.5) is 4.39 Å². The summed E-state index contributed by atoms with van der Waals surface area (Å²) in [5.41, 5.74) is 1.78. The fraction of sp³-hybridized carbons (Fsp3) is 0.400. The number of Topliss-reactive ketones (excluding diaryl/α,β-unsaturated/α-hetero) is 1. The van der Waals surface area contributed by atoms with Gasteiger partial charge in [0, 0.05) is 55.8 Å². The monoisotopic (exact) mass is 340 g/mol. The summed E-state index contributed by atoms with van der Waals surface area (Å²) in [6.45, 7) is 3.29. The molecule has 0 N–H and O–H groups in total. The lowest BCUT2D eigenvalue weighted by Crippen LogP contribution is -2.47. The molecule has 0 unspecified atom stereocenters. The number of fused-ring (bicyclic) bond motifs is 4. The highest BCUT2D eigenvalue weighted by atomic mass is 19.1. The second kappa shape index (κ2) is 6.56. The second-order valence-electron chi connectivity index (χ2n) is 7.14. The average Bonchev–Trinajstić information content (AvgIpc) is 2.61. The molecule has 0 radical (unpaired) electrons. The predicted molar refractivity (Wildman–Crippen MR) is 93.3 cm³/mol. The van der Waals surface area contributed by atoms with Crippen LogP contribution in [-0.4, -0.2) is 34.9 Å². The van der Waals surface area contributed by atoms with Crippen LogP contribution in [0.25, 0.3) is 0 Å². The highest BCUT2D eigenvalue weighted by molar-refractivity contribution is 5.96. The van der Waals surface area contributed by atoms with E-state index in [-0.39, 0.29) is 17.2 Å². The van der Waals surface area contributed by atoms with E-state index in [1.54, 1.807) is 18.2 Å². The average molecular weight is 340 g/mol. The summed E-state index contributed by atoms with van der Waals surface area (Å²) in [6, 6.07) is 11.3. The molecule has 4 nitrogen and oxygen atoms in total. The Morgan fingerprint density at radius 2 is 1.88 bits per heavy atom. The highest BCUT2D eigenvalue weighted by Crippen LogP contribution is 2.34. The van der Waals surface area contributed by atoms with E-state index in [4.69, 9.17) is 0 Å². The van der Waals surface area contributed by atoms with E-state index in [9.17, 15) is 14.0 Å². The molecular formula is C20H21FN2O2. The zero-order valence-electron chi connectivity index (χ0n) is 14.0. The Morgan fingerprint density at radius 3 is 2.68 bits per heavy atom. The molecule has 5 heteroatoms. The standard InChI is InChI=1S/C20H21FN2O2/c21-17-6-4-15(5-7-17)19(24)8-9-22-11-14-10-16(13-22)18-2-1-3-20(25)23(18)12-14/h1-7,14,16H,8-13H2/t14-,16-/m1/s1. The summed E-state index contributed by atoms with van der Waals surface area (Å²) >= 11 is 0. The van der Waals surface area contributed by atoms with Crippen molar-refractivity contribution in [3.8, 4) is 0 Å². The van der Waals surface area contributed by atoms with Gasteiger partial charge in [-0.05, 0) is 42.7 Å². The molecule has 1 aromatic heterocycles. The minimum absolute atomic E-state index is 0.0485. The zero-order chi connectivity index (χ0) is 17.4. The maximum Gasteiger partial charge on any atom is 0.250 e. The molecule has 1 saturated heterocycles. The first-order valence-electron chi connectivity index (χ1n) is 8.81. The Bertz CT molecular complexity index is 844. The summed E-state index contributed by atoms with van der Waals surface area (Å²) in [5.74, 6) is 0.552. The smallest absolute Gasteiger partial charge is 0.250 e. The largest absolute Gasteiger partial charge is 0.312 e. The summed E-state index contributed by atoms with van der Waals surface area (Å²) in [4.78, 5) is 26.7. The second-order valence-corrected chi connectivity index (χ2v) is 7.14. The molecule has 0 spiro atoms. The molecule has 1 fully saturated rings. The van der Waals surface area contributed by atoms with Gasteiger partial charge in [0.25, 0.3) is 5.56 Å². The molecule has 0 amide bonds. The molecular weight excluding hydrogens is 319 g/mol. The van der Waals surface area contributed by atoms with Gasteiger partial charge in [0.2, 0.25) is 0 Å². The molecule has 3 heterocycles. The normalized spacial score (nSPS) is 22.4. The van der Waals surface area contributed by atoms with Crippen molar-refractivity contribution in [1.82, 2.24) is 9.47 Å². The minimum Gasteiger partial charge on any atom is -0.312 e. The van der Waals surface area contributed by atoms with Crippen LogP contribution in [0.5, 0.6) is 0 Å². The molecule has 2 aromatic rings. The van der Waals surface area contributed by atoms with E-state index in [0.29, 0.717) is 30.4 Å². The number of rotatable bonds is 4. The lowest BCUT2D eigenvalue weighted by Gasteiger charge is -2.42. The van der Waals surface area contributed by atoms with Crippen molar-refractivity contribution in [2.45, 2.75) is 25.3 Å². The number of halogens is 1. The first kappa shape index (κ1) is 16.2. The molecule has 2 bridgehead atoms. The summed E-state index contributed by atoms with van der Waals surface area (Å²) in [6.07, 6.45) is 1.55. The van der Waals surface area contributed by atoms with Gasteiger partial charge in [0.05, 0.1) is 0 Å². The van der Waals surface area contributed by atoms with E-state index in [1.165, 1.54) is 12.1 Å². The lowest BCUT2D eigenvalue weighted by atomic mass is 9.83. The first-order valence-corrected chi connectivity index (χ1v) is 8.81. The molecule has 1 aromatic carbocycles. The van der Waals surface area contributed by atoms with Crippen LogP contribution >= 0.6 is 0 Å². The van der Waals surface area contributed by atoms with E-state index >= 15 is 0 Å². The molecule has 0 aliphatic carbocycles. The van der Waals surface area contributed by atoms with Crippen LogP contribution < -0.4 is 5.56 Å². The molecule has 0 saturated carbocycles. The highest BCUT2D eigenvalue weighted by Gasteiger charge is 2.34. The summed E-state index contributed by atoms with van der Waals surface area (Å²) < 4.78 is 14.9. The van der Waals surface area contributed by atoms with Crippen LogP contribution in [-0.2, 0) is 6.54 Å². The number of piperidine rings is 1. The van der Waals surface area contributed by atoms with Crippen LogP contribution in [0.15, 0.2) is 47.3 Å². The maximum absolute atomic E-state index is 13.0. The van der Waals surface area contributed by atoms with Crippen molar-refractivity contribution >= 4 is 5.78 Å². The number of hydrogen-bond acceptors (Lipinski definition) is 3. The third kappa shape index (κ3) is 3.29. The fourth-order valence-electron chi connectivity index (χ4n) is 4.22. The van der Waals surface area contributed by atoms with E-state index in [1.807, 2.05) is 10.6 Å². The Kier molecular flexibility index (Phi) is 4.25. The van der Waals surface area contributed by atoms with Crippen LogP contribution in [0.1, 0.15) is 34.8 Å². The van der Waals surface area contributed by atoms with E-state index < -0.39 is 0 Å². The number of carbonyl (C=O) groups excluding carboxylic acids is 1. The fourth-order valence-corrected chi connectivity index (χ4v) is 4.22. The third-order valence-corrected chi connectivity index (χ3v) is 5.38. The van der Waals surface area contributed by atoms with Crippen molar-refractivity contribution in [1.29, 1.82) is 0 Å². The van der Waals surface area contributed by atoms with Gasteiger partial charge in [-0.2, -0.15) is 0 Å². The predicted octanol–water partition coefficient (Wildman–Crippen LogP) is 2.68. The number of aromatic nitrogens is 1. The molecule has 2 atom stereocenters. The lowest BCUT2D eigenvalue weighted by molar-refractivity contribution is 0.0904. The first-order chi connectivity index (χ1) is 12.1. The van der Waals surface area contributed by atoms with Gasteiger partial charge in [-0.25, -0.2) is 4.39 Å². The van der Waals surface area contributed by atoms with E-state index in [0.717, 1.165) is 31.7 Å². The van der Waals surface area contributed by atoms with Crippen molar-refractivity contribution in [3.63, 3.8) is 0 Å². The van der Waals surface area contributed by atoms with Gasteiger partial charge in [0.15, 0.2) is 5.78 Å². The van der Waals surface area contributed by atoms with Gasteiger partial charge in [-0.1, -0.05) is 6.07 Å². The number of pyridine rings is 1. The van der Waals surface area contributed by atoms with Gasteiger partial charge < -0.3 is 9.47 Å². The van der Waals surface area contributed by atoms with Gasteiger partial charge in [-0.3, -0.25) is 9.59 Å². The number of carbonyl (C=O) groups is 1. The van der Waals surface area contributed by atoms with Crippen LogP contribution in [0.2, 0.25) is 0 Å². The Hall–Kier alpha value is -2.27. The Balaban J connectivity index is 1.42. The van der Waals surface area contributed by atoms with E-state index in [2.05, 4.69) is 11.0 Å². The van der Waals surface area contributed by atoms with Gasteiger partial charge in [-0.15, -0.1) is 0 Å². The molecule has 2 aliphatic rings. The Labute approximate surface area is 145 Å². The maximum atomic E-state index is 13.0. The van der Waals surface area contributed by atoms with Crippen molar-refractivity contribution in [2.24, 2.45) is 5.92 Å². The number of nitrogens with zero attached hydrogens (tertiary/aromatic N) is 2. The third-order valence-electron chi connectivity index (χ3n) is 5.38. The SMILES string of the molecule is O=C(CCN1C[C@H]2C[C@H](C1)c1cccc(=O)n1C2)c1ccc(F)cc1. The van der Waals surface area contributed by atoms with Gasteiger partial charge >= 0.3 is 0 Å². The topological polar surface area (TPSA) is 42.3 Å². The summed E-state index contributed by atoms with van der Waals surface area (Å²) in [5, 5.41) is 0. The number of benzene rings is 1.